The van der Waals surface area contributed by atoms with E-state index in [-0.39, 0.29) is 0 Å². The van der Waals surface area contributed by atoms with Crippen molar-refractivity contribution in [1.29, 1.82) is 0 Å². The number of benzene rings is 1. The third-order valence-electron chi connectivity index (χ3n) is 2.92. The van der Waals surface area contributed by atoms with Gasteiger partial charge in [-0.15, -0.1) is 11.8 Å². The average Bonchev–Trinajstić information content (AvgIpc) is 2.42. The van der Waals surface area contributed by atoms with Crippen LogP contribution in [0.25, 0.3) is 0 Å². The summed E-state index contributed by atoms with van der Waals surface area (Å²) in [6.07, 6.45) is 3.87. The molecule has 3 nitrogen and oxygen atoms in total. The maximum absolute atomic E-state index is 6.23. The Hall–Kier alpha value is -1.23. The molecule has 0 amide bonds. The fourth-order valence-electron chi connectivity index (χ4n) is 1.96. The normalized spacial score (nSPS) is 11.0. The molecule has 0 spiro atoms. The van der Waals surface area contributed by atoms with Crippen molar-refractivity contribution >= 4 is 23.4 Å². The SMILES string of the molecule is CSc1ccc(Oc2cc(C)ncc2CN(C)C)cc1Cl. The van der Waals surface area contributed by atoms with E-state index < -0.39 is 0 Å². The van der Waals surface area contributed by atoms with Crippen molar-refractivity contribution in [2.45, 2.75) is 18.4 Å². The fraction of sp³-hybridized carbons (Fsp3) is 0.312. The van der Waals surface area contributed by atoms with Gasteiger partial charge in [-0.1, -0.05) is 11.6 Å². The lowest BCUT2D eigenvalue weighted by Gasteiger charge is -2.15. The van der Waals surface area contributed by atoms with Crippen molar-refractivity contribution in [3.8, 4) is 11.5 Å². The molecule has 2 aromatic rings. The Labute approximate surface area is 135 Å². The van der Waals surface area contributed by atoms with Gasteiger partial charge in [0.25, 0.3) is 0 Å². The van der Waals surface area contributed by atoms with Crippen molar-refractivity contribution < 1.29 is 4.74 Å². The minimum atomic E-state index is 0.708. The molecule has 0 radical (unpaired) electrons. The number of rotatable bonds is 5. The third-order valence-corrected chi connectivity index (χ3v) is 4.14. The number of pyridine rings is 1. The first-order chi connectivity index (χ1) is 9.99. The smallest absolute Gasteiger partial charge is 0.135 e. The molecule has 0 aliphatic carbocycles. The zero-order valence-electron chi connectivity index (χ0n) is 12.7. The number of hydrogen-bond acceptors (Lipinski definition) is 4. The molecule has 0 saturated heterocycles. The van der Waals surface area contributed by atoms with Gasteiger partial charge in [-0.2, -0.15) is 0 Å². The standard InChI is InChI=1S/C16H19ClN2OS/c1-11-7-15(12(9-18-11)10-19(2)3)20-13-5-6-16(21-4)14(17)8-13/h5-9H,10H2,1-4H3. The molecule has 5 heteroatoms. The summed E-state index contributed by atoms with van der Waals surface area (Å²) in [6.45, 7) is 2.73. The highest BCUT2D eigenvalue weighted by Crippen LogP contribution is 2.32. The van der Waals surface area contributed by atoms with Gasteiger partial charge in [0.05, 0.1) is 5.02 Å². The number of thioether (sulfide) groups is 1. The van der Waals surface area contributed by atoms with Gasteiger partial charge in [0.15, 0.2) is 0 Å². The summed E-state index contributed by atoms with van der Waals surface area (Å²) in [6, 6.07) is 7.72. The van der Waals surface area contributed by atoms with Crippen LogP contribution in [-0.2, 0) is 6.54 Å². The van der Waals surface area contributed by atoms with Crippen LogP contribution >= 0.6 is 23.4 Å². The van der Waals surface area contributed by atoms with Gasteiger partial charge >= 0.3 is 0 Å². The van der Waals surface area contributed by atoms with Gasteiger partial charge in [0.1, 0.15) is 11.5 Å². The summed E-state index contributed by atoms with van der Waals surface area (Å²) in [4.78, 5) is 7.47. The topological polar surface area (TPSA) is 25.4 Å². The van der Waals surface area contributed by atoms with Crippen LogP contribution < -0.4 is 4.74 Å². The molecule has 1 heterocycles. The highest BCUT2D eigenvalue weighted by atomic mass is 35.5. The predicted molar refractivity (Wildman–Crippen MR) is 89.7 cm³/mol. The van der Waals surface area contributed by atoms with Gasteiger partial charge in [-0.25, -0.2) is 0 Å². The summed E-state index contributed by atoms with van der Waals surface area (Å²) in [5, 5.41) is 0.708. The number of aryl methyl sites for hydroxylation is 1. The van der Waals surface area contributed by atoms with Gasteiger partial charge in [0, 0.05) is 41.0 Å². The predicted octanol–water partition coefficient (Wildman–Crippen LogP) is 4.62. The third kappa shape index (κ3) is 4.37. The Morgan fingerprint density at radius 2 is 2.05 bits per heavy atom. The Kier molecular flexibility index (Phi) is 5.51. The summed E-state index contributed by atoms with van der Waals surface area (Å²) < 4.78 is 6.01. The van der Waals surface area contributed by atoms with E-state index in [1.165, 1.54) is 0 Å². The molecule has 0 bridgehead atoms. The van der Waals surface area contributed by atoms with Crippen LogP contribution in [-0.4, -0.2) is 30.2 Å². The van der Waals surface area contributed by atoms with Crippen LogP contribution in [0.5, 0.6) is 11.5 Å². The molecule has 2 rings (SSSR count). The maximum Gasteiger partial charge on any atom is 0.135 e. The molecule has 0 aliphatic rings. The lowest BCUT2D eigenvalue weighted by molar-refractivity contribution is 0.387. The molecular weight excluding hydrogens is 304 g/mol. The summed E-state index contributed by atoms with van der Waals surface area (Å²) in [5.74, 6) is 1.56. The molecule has 21 heavy (non-hydrogen) atoms. The molecule has 0 saturated carbocycles. The van der Waals surface area contributed by atoms with Crippen LogP contribution in [0.15, 0.2) is 35.4 Å². The van der Waals surface area contributed by atoms with Crippen molar-refractivity contribution in [3.63, 3.8) is 0 Å². The molecule has 0 aliphatic heterocycles. The Balaban J connectivity index is 2.29. The highest BCUT2D eigenvalue weighted by Gasteiger charge is 2.09. The van der Waals surface area contributed by atoms with E-state index in [0.29, 0.717) is 5.02 Å². The number of nitrogens with zero attached hydrogens (tertiary/aromatic N) is 2. The second-order valence-electron chi connectivity index (χ2n) is 5.07. The quantitative estimate of drug-likeness (QED) is 0.750. The lowest BCUT2D eigenvalue weighted by atomic mass is 10.2. The molecule has 112 valence electrons. The van der Waals surface area contributed by atoms with E-state index in [2.05, 4.69) is 9.88 Å². The van der Waals surface area contributed by atoms with Crippen molar-refractivity contribution in [2.75, 3.05) is 20.4 Å². The first kappa shape index (κ1) is 16.1. The van der Waals surface area contributed by atoms with E-state index in [4.69, 9.17) is 16.3 Å². The summed E-state index contributed by atoms with van der Waals surface area (Å²) in [7, 11) is 4.04. The van der Waals surface area contributed by atoms with E-state index in [1.807, 2.05) is 57.7 Å². The van der Waals surface area contributed by atoms with Crippen LogP contribution in [0.2, 0.25) is 5.02 Å². The van der Waals surface area contributed by atoms with Crippen molar-refractivity contribution in [1.82, 2.24) is 9.88 Å². The monoisotopic (exact) mass is 322 g/mol. The largest absolute Gasteiger partial charge is 0.457 e. The lowest BCUT2D eigenvalue weighted by Crippen LogP contribution is -2.12. The zero-order valence-corrected chi connectivity index (χ0v) is 14.3. The van der Waals surface area contributed by atoms with E-state index >= 15 is 0 Å². The zero-order chi connectivity index (χ0) is 15.4. The number of ether oxygens (including phenoxy) is 1. The van der Waals surface area contributed by atoms with Gasteiger partial charge < -0.3 is 9.64 Å². The van der Waals surface area contributed by atoms with Crippen LogP contribution in [0.1, 0.15) is 11.3 Å². The van der Waals surface area contributed by atoms with Gasteiger partial charge in [-0.05, 0) is 39.4 Å². The number of aromatic nitrogens is 1. The first-order valence-electron chi connectivity index (χ1n) is 6.61. The fourth-order valence-corrected chi connectivity index (χ4v) is 2.82. The Morgan fingerprint density at radius 3 is 2.67 bits per heavy atom. The van der Waals surface area contributed by atoms with E-state index in [1.54, 1.807) is 11.8 Å². The molecule has 0 fully saturated rings. The van der Waals surface area contributed by atoms with Gasteiger partial charge in [-0.3, -0.25) is 4.98 Å². The Morgan fingerprint density at radius 1 is 1.29 bits per heavy atom. The van der Waals surface area contributed by atoms with Crippen molar-refractivity contribution in [3.05, 3.63) is 46.7 Å². The Bertz CT molecular complexity index is 632. The summed E-state index contributed by atoms with van der Waals surface area (Å²) in [5.41, 5.74) is 1.98. The maximum atomic E-state index is 6.23. The molecular formula is C16H19ClN2OS. The second kappa shape index (κ2) is 7.16. The van der Waals surface area contributed by atoms with Crippen LogP contribution in [0.3, 0.4) is 0 Å². The van der Waals surface area contributed by atoms with Crippen LogP contribution in [0, 0.1) is 6.92 Å². The highest BCUT2D eigenvalue weighted by molar-refractivity contribution is 7.98. The van der Waals surface area contributed by atoms with E-state index in [9.17, 15) is 0 Å². The molecule has 1 aromatic heterocycles. The molecule has 0 N–H and O–H groups in total. The number of hydrogen-bond donors (Lipinski definition) is 0. The first-order valence-corrected chi connectivity index (χ1v) is 8.21. The van der Waals surface area contributed by atoms with Crippen molar-refractivity contribution in [2.24, 2.45) is 0 Å². The number of halogens is 1. The minimum absolute atomic E-state index is 0.708. The van der Waals surface area contributed by atoms with Crippen LogP contribution in [0.4, 0.5) is 0 Å². The van der Waals surface area contributed by atoms with Gasteiger partial charge in [0.2, 0.25) is 0 Å². The average molecular weight is 323 g/mol. The minimum Gasteiger partial charge on any atom is -0.457 e. The molecule has 0 unspecified atom stereocenters. The molecule has 0 atom stereocenters. The summed E-state index contributed by atoms with van der Waals surface area (Å²) >= 11 is 7.85. The molecule has 1 aromatic carbocycles. The second-order valence-corrected chi connectivity index (χ2v) is 6.32. The van der Waals surface area contributed by atoms with E-state index in [0.717, 1.165) is 34.2 Å².